The molecular weight excluding hydrogens is 381 g/mol. The Kier molecular flexibility index (Phi) is 6.11. The highest BCUT2D eigenvalue weighted by Crippen LogP contribution is 2.31. The molecule has 3 heterocycles. The van der Waals surface area contributed by atoms with Gasteiger partial charge >= 0.3 is 0 Å². The number of likely N-dealkylation sites (tertiary alicyclic amines) is 2. The van der Waals surface area contributed by atoms with Crippen LogP contribution < -0.4 is 0 Å². The van der Waals surface area contributed by atoms with E-state index in [0.717, 1.165) is 50.2 Å². The topological polar surface area (TPSA) is 53.5 Å². The van der Waals surface area contributed by atoms with Gasteiger partial charge in [-0.15, -0.1) is 0 Å². The second-order valence-corrected chi connectivity index (χ2v) is 8.32. The first-order chi connectivity index (χ1) is 14.5. The fourth-order valence-corrected chi connectivity index (χ4v) is 4.50. The number of carbonyl (C=O) groups excluding carboxylic acids is 2. The number of halogens is 1. The van der Waals surface area contributed by atoms with E-state index in [9.17, 15) is 14.0 Å². The third kappa shape index (κ3) is 4.37. The van der Waals surface area contributed by atoms with Gasteiger partial charge in [-0.25, -0.2) is 4.39 Å². The molecule has 2 aromatic rings. The average Bonchev–Trinajstić information content (AvgIpc) is 2.79. The van der Waals surface area contributed by atoms with Crippen LogP contribution >= 0.6 is 0 Å². The summed E-state index contributed by atoms with van der Waals surface area (Å²) in [5.74, 6) is -0.323. The van der Waals surface area contributed by atoms with Gasteiger partial charge in [0.2, 0.25) is 0 Å². The third-order valence-corrected chi connectivity index (χ3v) is 6.18. The first kappa shape index (κ1) is 20.5. The summed E-state index contributed by atoms with van der Waals surface area (Å²) in [5, 5.41) is 0. The van der Waals surface area contributed by atoms with E-state index in [4.69, 9.17) is 4.98 Å². The molecule has 5 nitrogen and oxygen atoms in total. The van der Waals surface area contributed by atoms with Crippen LogP contribution in [-0.2, 0) is 0 Å². The Morgan fingerprint density at radius 2 is 1.63 bits per heavy atom. The summed E-state index contributed by atoms with van der Waals surface area (Å²) in [4.78, 5) is 34.3. The first-order valence-corrected chi connectivity index (χ1v) is 10.8. The summed E-state index contributed by atoms with van der Waals surface area (Å²) in [6.07, 6.45) is 4.79. The van der Waals surface area contributed by atoms with Crippen LogP contribution in [0.3, 0.4) is 0 Å². The van der Waals surface area contributed by atoms with Crippen LogP contribution in [0.15, 0.2) is 36.4 Å². The molecule has 2 aliphatic rings. The molecule has 0 radical (unpaired) electrons. The van der Waals surface area contributed by atoms with E-state index in [1.54, 1.807) is 17.0 Å². The minimum atomic E-state index is -0.402. The summed E-state index contributed by atoms with van der Waals surface area (Å²) in [5.41, 5.74) is 2.85. The van der Waals surface area contributed by atoms with Crippen LogP contribution in [0.1, 0.15) is 70.1 Å². The van der Waals surface area contributed by atoms with Crippen molar-refractivity contribution in [1.82, 2.24) is 14.8 Å². The minimum absolute atomic E-state index is 0.0791. The predicted octanol–water partition coefficient (Wildman–Crippen LogP) is 4.18. The number of amides is 2. The maximum Gasteiger partial charge on any atom is 0.255 e. The predicted molar refractivity (Wildman–Crippen MR) is 113 cm³/mol. The fraction of sp³-hybridized carbons (Fsp3) is 0.458. The van der Waals surface area contributed by atoms with Crippen molar-refractivity contribution < 1.29 is 14.0 Å². The van der Waals surface area contributed by atoms with E-state index in [1.165, 1.54) is 18.6 Å². The Hall–Kier alpha value is -2.76. The number of piperidine rings is 2. The number of benzene rings is 1. The molecule has 4 rings (SSSR count). The number of aromatic nitrogens is 1. The highest BCUT2D eigenvalue weighted by Gasteiger charge is 2.30. The van der Waals surface area contributed by atoms with E-state index in [2.05, 4.69) is 0 Å². The SMILES string of the molecule is Cc1ccc(C(=O)N2CCCCC2)c(C2CCN(C(=O)c3cccc(F)c3)CC2)n1. The highest BCUT2D eigenvalue weighted by molar-refractivity contribution is 5.96. The average molecular weight is 410 g/mol. The monoisotopic (exact) mass is 409 g/mol. The Bertz CT molecular complexity index is 932. The van der Waals surface area contributed by atoms with Gasteiger partial charge in [0.05, 0.1) is 11.3 Å². The molecule has 158 valence electrons. The zero-order valence-electron chi connectivity index (χ0n) is 17.4. The number of carbonyl (C=O) groups is 2. The molecule has 0 N–H and O–H groups in total. The summed E-state index contributed by atoms with van der Waals surface area (Å²) in [6, 6.07) is 9.65. The quantitative estimate of drug-likeness (QED) is 0.764. The van der Waals surface area contributed by atoms with Gasteiger partial charge in [0.15, 0.2) is 0 Å². The van der Waals surface area contributed by atoms with Crippen molar-refractivity contribution in [2.24, 2.45) is 0 Å². The number of rotatable bonds is 3. The van der Waals surface area contributed by atoms with E-state index in [1.807, 2.05) is 24.0 Å². The van der Waals surface area contributed by atoms with E-state index >= 15 is 0 Å². The molecule has 2 amide bonds. The normalized spacial score (nSPS) is 17.8. The maximum absolute atomic E-state index is 13.5. The molecule has 1 aromatic carbocycles. The molecule has 0 aliphatic carbocycles. The third-order valence-electron chi connectivity index (χ3n) is 6.18. The van der Waals surface area contributed by atoms with Crippen molar-refractivity contribution in [1.29, 1.82) is 0 Å². The highest BCUT2D eigenvalue weighted by atomic mass is 19.1. The lowest BCUT2D eigenvalue weighted by molar-refractivity contribution is 0.0695. The lowest BCUT2D eigenvalue weighted by atomic mass is 9.89. The van der Waals surface area contributed by atoms with Crippen LogP contribution in [0, 0.1) is 12.7 Å². The Balaban J connectivity index is 1.48. The molecule has 6 heteroatoms. The molecule has 0 unspecified atom stereocenters. The lowest BCUT2D eigenvalue weighted by Crippen LogP contribution is -2.39. The van der Waals surface area contributed by atoms with Crippen LogP contribution in [0.4, 0.5) is 4.39 Å². The van der Waals surface area contributed by atoms with Crippen molar-refractivity contribution in [3.05, 3.63) is 64.7 Å². The second-order valence-electron chi connectivity index (χ2n) is 8.32. The van der Waals surface area contributed by atoms with E-state index in [0.29, 0.717) is 24.2 Å². The maximum atomic E-state index is 13.5. The van der Waals surface area contributed by atoms with Gasteiger partial charge in [-0.1, -0.05) is 6.07 Å². The second kappa shape index (κ2) is 8.94. The number of aryl methyl sites for hydroxylation is 1. The van der Waals surface area contributed by atoms with Crippen molar-refractivity contribution >= 4 is 11.8 Å². The van der Waals surface area contributed by atoms with Crippen molar-refractivity contribution in [2.75, 3.05) is 26.2 Å². The van der Waals surface area contributed by atoms with Crippen LogP contribution in [-0.4, -0.2) is 52.8 Å². The zero-order chi connectivity index (χ0) is 21.1. The molecule has 30 heavy (non-hydrogen) atoms. The standard InChI is InChI=1S/C24H28FN3O2/c1-17-8-9-21(24(30)27-12-3-2-4-13-27)22(26-17)18-10-14-28(15-11-18)23(29)19-6-5-7-20(25)16-19/h5-9,16,18H,2-4,10-15H2,1H3. The largest absolute Gasteiger partial charge is 0.339 e. The van der Waals surface area contributed by atoms with Crippen molar-refractivity contribution in [3.63, 3.8) is 0 Å². The molecular formula is C24H28FN3O2. The van der Waals surface area contributed by atoms with E-state index in [-0.39, 0.29) is 17.7 Å². The fourth-order valence-electron chi connectivity index (χ4n) is 4.50. The smallest absolute Gasteiger partial charge is 0.255 e. The summed E-state index contributed by atoms with van der Waals surface area (Å²) >= 11 is 0. The summed E-state index contributed by atoms with van der Waals surface area (Å²) < 4.78 is 13.5. The summed E-state index contributed by atoms with van der Waals surface area (Å²) in [7, 11) is 0. The number of pyridine rings is 1. The van der Waals surface area contributed by atoms with Gasteiger partial charge in [0.1, 0.15) is 5.82 Å². The molecule has 0 atom stereocenters. The van der Waals surface area contributed by atoms with Gasteiger partial charge in [-0.2, -0.15) is 0 Å². The van der Waals surface area contributed by atoms with Gasteiger partial charge in [-0.05, 0) is 69.4 Å². The number of hydrogen-bond acceptors (Lipinski definition) is 3. The van der Waals surface area contributed by atoms with Crippen LogP contribution in [0.25, 0.3) is 0 Å². The van der Waals surface area contributed by atoms with Crippen LogP contribution in [0.2, 0.25) is 0 Å². The first-order valence-electron chi connectivity index (χ1n) is 10.8. The Labute approximate surface area is 176 Å². The van der Waals surface area contributed by atoms with E-state index < -0.39 is 5.82 Å². The molecule has 1 aromatic heterocycles. The molecule has 0 saturated carbocycles. The molecule has 2 fully saturated rings. The van der Waals surface area contributed by atoms with Crippen molar-refractivity contribution in [3.8, 4) is 0 Å². The van der Waals surface area contributed by atoms with Gasteiger partial charge in [0.25, 0.3) is 11.8 Å². The van der Waals surface area contributed by atoms with Crippen LogP contribution in [0.5, 0.6) is 0 Å². The van der Waals surface area contributed by atoms with Gasteiger partial charge in [0, 0.05) is 43.4 Å². The Morgan fingerprint density at radius 3 is 2.33 bits per heavy atom. The van der Waals surface area contributed by atoms with Gasteiger partial charge < -0.3 is 9.80 Å². The van der Waals surface area contributed by atoms with Crippen molar-refractivity contribution in [2.45, 2.75) is 44.9 Å². The molecule has 0 bridgehead atoms. The zero-order valence-corrected chi connectivity index (χ0v) is 17.4. The minimum Gasteiger partial charge on any atom is -0.339 e. The Morgan fingerprint density at radius 1 is 0.933 bits per heavy atom. The molecule has 2 aliphatic heterocycles. The summed E-state index contributed by atoms with van der Waals surface area (Å²) in [6.45, 7) is 4.72. The lowest BCUT2D eigenvalue weighted by Gasteiger charge is -2.33. The van der Waals surface area contributed by atoms with Gasteiger partial charge in [-0.3, -0.25) is 14.6 Å². The number of hydrogen-bond donors (Lipinski definition) is 0. The molecule has 2 saturated heterocycles. The number of nitrogens with zero attached hydrogens (tertiary/aromatic N) is 3. The molecule has 0 spiro atoms.